The van der Waals surface area contributed by atoms with Gasteiger partial charge in [-0.15, -0.1) is 0 Å². The zero-order valence-electron chi connectivity index (χ0n) is 18.6. The van der Waals surface area contributed by atoms with E-state index >= 15 is 0 Å². The number of amides is 2. The molecule has 2 saturated carbocycles. The number of hydrogen-bond donors (Lipinski definition) is 1. The summed E-state index contributed by atoms with van der Waals surface area (Å²) in [6.07, 6.45) is 12.2. The molecule has 0 aromatic heterocycles. The van der Waals surface area contributed by atoms with E-state index < -0.39 is 0 Å². The van der Waals surface area contributed by atoms with Crippen molar-refractivity contribution in [3.63, 3.8) is 0 Å². The third kappa shape index (κ3) is 4.57. The molecule has 5 nitrogen and oxygen atoms in total. The molecule has 1 aromatic carbocycles. The van der Waals surface area contributed by atoms with Gasteiger partial charge >= 0.3 is 0 Å². The van der Waals surface area contributed by atoms with Crippen molar-refractivity contribution < 1.29 is 9.59 Å². The van der Waals surface area contributed by atoms with Crippen molar-refractivity contribution in [3.05, 3.63) is 46.5 Å². The summed E-state index contributed by atoms with van der Waals surface area (Å²) in [7, 11) is 0. The fraction of sp³-hybridized carbons (Fsp3) is 0.615. The molecule has 1 aromatic rings. The van der Waals surface area contributed by atoms with Crippen LogP contribution in [-0.2, 0) is 29.0 Å². The van der Waals surface area contributed by atoms with Gasteiger partial charge in [-0.2, -0.15) is 0 Å². The van der Waals surface area contributed by atoms with E-state index in [2.05, 4.69) is 28.4 Å². The molecule has 5 rings (SSSR count). The monoisotopic (exact) mass is 421 g/mol. The minimum absolute atomic E-state index is 0.0156. The summed E-state index contributed by atoms with van der Waals surface area (Å²) in [5, 5.41) is 3.10. The highest BCUT2D eigenvalue weighted by Gasteiger charge is 2.30. The Morgan fingerprint density at radius 2 is 1.71 bits per heavy atom. The molecule has 2 aliphatic carbocycles. The highest BCUT2D eigenvalue weighted by molar-refractivity contribution is 5.94. The van der Waals surface area contributed by atoms with Gasteiger partial charge in [0.1, 0.15) is 0 Å². The van der Waals surface area contributed by atoms with Gasteiger partial charge in [-0.1, -0.05) is 37.1 Å². The number of rotatable bonds is 5. The normalized spacial score (nSPS) is 22.6. The molecule has 2 fully saturated rings. The number of carbonyl (C=O) groups excluding carboxylic acids is 2. The third-order valence-corrected chi connectivity index (χ3v) is 7.92. The van der Waals surface area contributed by atoms with Crippen LogP contribution in [0.2, 0.25) is 0 Å². The number of fused-ring (bicyclic) bond motifs is 1. The highest BCUT2D eigenvalue weighted by atomic mass is 16.2. The summed E-state index contributed by atoms with van der Waals surface area (Å²) in [6.45, 7) is 4.17. The lowest BCUT2D eigenvalue weighted by molar-refractivity contribution is -0.138. The Morgan fingerprint density at radius 3 is 2.35 bits per heavy atom. The molecule has 4 aliphatic rings. The third-order valence-electron chi connectivity index (χ3n) is 7.92. The average Bonchev–Trinajstić information content (AvgIpc) is 2.92. The summed E-state index contributed by atoms with van der Waals surface area (Å²) in [4.78, 5) is 29.6. The van der Waals surface area contributed by atoms with E-state index in [4.69, 9.17) is 0 Å². The number of nitrogens with one attached hydrogen (secondary N) is 1. The van der Waals surface area contributed by atoms with E-state index in [9.17, 15) is 9.59 Å². The molecule has 0 saturated heterocycles. The molecule has 2 amide bonds. The maximum absolute atomic E-state index is 12.7. The van der Waals surface area contributed by atoms with Crippen LogP contribution in [-0.4, -0.2) is 53.8 Å². The minimum Gasteiger partial charge on any atom is -0.348 e. The molecule has 1 N–H and O–H groups in total. The molecule has 31 heavy (non-hydrogen) atoms. The van der Waals surface area contributed by atoms with Crippen LogP contribution >= 0.6 is 0 Å². The predicted octanol–water partition coefficient (Wildman–Crippen LogP) is 3.21. The number of hydrogen-bond acceptors (Lipinski definition) is 3. The van der Waals surface area contributed by atoms with Gasteiger partial charge in [0.15, 0.2) is 0 Å². The summed E-state index contributed by atoms with van der Waals surface area (Å²) < 4.78 is 0. The standard InChI is InChI=1S/C26H35N3O2/c30-25(21-10-15-29(16-11-21)26(31)22-3-1-4-22)27-18-19-7-8-20-9-13-28(24-5-2-6-24)14-12-23(20)17-19/h7-8,10,17,22,24H,1-6,9,11-16,18H2,(H,27,30). The van der Waals surface area contributed by atoms with E-state index in [1.807, 2.05) is 11.0 Å². The SMILES string of the molecule is O=C(NCc1ccc2c(c1)CCN(C1CCC1)CC2)C1=CCN(C(=O)C2CCC2)CC1. The Balaban J connectivity index is 1.13. The first kappa shape index (κ1) is 20.7. The fourth-order valence-corrected chi connectivity index (χ4v) is 5.31. The van der Waals surface area contributed by atoms with E-state index in [1.165, 1.54) is 48.9 Å². The summed E-state index contributed by atoms with van der Waals surface area (Å²) in [5.41, 5.74) is 4.93. The second-order valence-electron chi connectivity index (χ2n) is 9.80. The van der Waals surface area contributed by atoms with Crippen LogP contribution in [0.1, 0.15) is 61.6 Å². The predicted molar refractivity (Wildman–Crippen MR) is 122 cm³/mol. The fourth-order valence-electron chi connectivity index (χ4n) is 5.31. The Hall–Kier alpha value is -2.14. The van der Waals surface area contributed by atoms with E-state index in [-0.39, 0.29) is 17.7 Å². The van der Waals surface area contributed by atoms with Gasteiger partial charge in [-0.3, -0.25) is 14.5 Å². The van der Waals surface area contributed by atoms with Crippen LogP contribution in [0.15, 0.2) is 29.8 Å². The van der Waals surface area contributed by atoms with Crippen LogP contribution < -0.4 is 5.32 Å². The van der Waals surface area contributed by atoms with Gasteiger partial charge in [0.2, 0.25) is 11.8 Å². The van der Waals surface area contributed by atoms with Gasteiger partial charge < -0.3 is 10.2 Å². The lowest BCUT2D eigenvalue weighted by Crippen LogP contribution is -2.42. The number of carbonyl (C=O) groups is 2. The molecule has 2 heterocycles. The van der Waals surface area contributed by atoms with Gasteiger partial charge in [-0.25, -0.2) is 0 Å². The Kier molecular flexibility index (Phi) is 6.13. The quantitative estimate of drug-likeness (QED) is 0.794. The second-order valence-corrected chi connectivity index (χ2v) is 9.80. The lowest BCUT2D eigenvalue weighted by atomic mass is 9.84. The first-order valence-electron chi connectivity index (χ1n) is 12.3. The maximum atomic E-state index is 12.7. The van der Waals surface area contributed by atoms with Crippen molar-refractivity contribution in [1.82, 2.24) is 15.1 Å². The molecule has 0 spiro atoms. The second kappa shape index (κ2) is 9.15. The molecular weight excluding hydrogens is 386 g/mol. The van der Waals surface area contributed by atoms with Crippen LogP contribution in [0.3, 0.4) is 0 Å². The van der Waals surface area contributed by atoms with Crippen LogP contribution in [0, 0.1) is 5.92 Å². The Labute approximate surface area is 185 Å². The van der Waals surface area contributed by atoms with Crippen molar-refractivity contribution in [2.75, 3.05) is 26.2 Å². The zero-order chi connectivity index (χ0) is 21.2. The Morgan fingerprint density at radius 1 is 0.935 bits per heavy atom. The van der Waals surface area contributed by atoms with E-state index in [0.717, 1.165) is 43.8 Å². The molecule has 0 bridgehead atoms. The van der Waals surface area contributed by atoms with Gasteiger partial charge in [-0.05, 0) is 61.6 Å². The lowest BCUT2D eigenvalue weighted by Gasteiger charge is -2.36. The molecule has 0 unspecified atom stereocenters. The molecule has 0 radical (unpaired) electrons. The Bertz CT molecular complexity index is 869. The highest BCUT2D eigenvalue weighted by Crippen LogP contribution is 2.29. The molecule has 166 valence electrons. The van der Waals surface area contributed by atoms with Crippen molar-refractivity contribution in [2.45, 2.75) is 70.4 Å². The van der Waals surface area contributed by atoms with Crippen molar-refractivity contribution >= 4 is 11.8 Å². The largest absolute Gasteiger partial charge is 0.348 e. The first-order chi connectivity index (χ1) is 15.2. The minimum atomic E-state index is 0.0156. The van der Waals surface area contributed by atoms with Crippen molar-refractivity contribution in [2.24, 2.45) is 5.92 Å². The van der Waals surface area contributed by atoms with E-state index in [1.54, 1.807) is 0 Å². The van der Waals surface area contributed by atoms with Crippen molar-refractivity contribution in [3.8, 4) is 0 Å². The van der Waals surface area contributed by atoms with Crippen LogP contribution in [0.4, 0.5) is 0 Å². The molecule has 5 heteroatoms. The van der Waals surface area contributed by atoms with Crippen LogP contribution in [0.5, 0.6) is 0 Å². The topological polar surface area (TPSA) is 52.7 Å². The average molecular weight is 422 g/mol. The van der Waals surface area contributed by atoms with Crippen LogP contribution in [0.25, 0.3) is 0 Å². The molecule has 2 aliphatic heterocycles. The van der Waals surface area contributed by atoms with Gasteiger partial charge in [0.05, 0.1) is 0 Å². The number of benzene rings is 1. The summed E-state index contributed by atoms with van der Waals surface area (Å²) in [6, 6.07) is 7.56. The smallest absolute Gasteiger partial charge is 0.247 e. The molecular formula is C26H35N3O2. The summed E-state index contributed by atoms with van der Waals surface area (Å²) in [5.74, 6) is 0.530. The van der Waals surface area contributed by atoms with Gasteiger partial charge in [0, 0.05) is 50.3 Å². The van der Waals surface area contributed by atoms with Gasteiger partial charge in [0.25, 0.3) is 0 Å². The summed E-state index contributed by atoms with van der Waals surface area (Å²) >= 11 is 0. The zero-order valence-corrected chi connectivity index (χ0v) is 18.6. The maximum Gasteiger partial charge on any atom is 0.247 e. The van der Waals surface area contributed by atoms with Crippen molar-refractivity contribution in [1.29, 1.82) is 0 Å². The molecule has 0 atom stereocenters. The first-order valence-corrected chi connectivity index (χ1v) is 12.3. The van der Waals surface area contributed by atoms with E-state index in [0.29, 0.717) is 26.1 Å². The number of nitrogens with zero attached hydrogens (tertiary/aromatic N) is 2.